The Balaban J connectivity index is 2.17. The van der Waals surface area contributed by atoms with Gasteiger partial charge in [-0.15, -0.1) is 0 Å². The van der Waals surface area contributed by atoms with Crippen LogP contribution in [0.25, 0.3) is 21.9 Å². The van der Waals surface area contributed by atoms with Gasteiger partial charge in [0.05, 0.1) is 7.11 Å². The molecule has 0 saturated carbocycles. The lowest BCUT2D eigenvalue weighted by Gasteiger charge is -2.21. The first-order valence-electron chi connectivity index (χ1n) is 6.55. The van der Waals surface area contributed by atoms with Gasteiger partial charge in [-0.05, 0) is 40.1 Å². The minimum Gasteiger partial charge on any atom is -0.496 e. The van der Waals surface area contributed by atoms with Gasteiger partial charge in [-0.2, -0.15) is 0 Å². The first kappa shape index (κ1) is 10.6. The van der Waals surface area contributed by atoms with Crippen LogP contribution in [-0.2, 0) is 6.42 Å². The Kier molecular flexibility index (Phi) is 2.16. The van der Waals surface area contributed by atoms with Gasteiger partial charge >= 0.3 is 0 Å². The molecule has 19 heavy (non-hydrogen) atoms. The van der Waals surface area contributed by atoms with E-state index in [-0.39, 0.29) is 0 Å². The van der Waals surface area contributed by atoms with E-state index in [1.54, 1.807) is 7.11 Å². The second kappa shape index (κ2) is 3.86. The fraction of sp³-hybridized carbons (Fsp3) is 0.111. The van der Waals surface area contributed by atoms with Gasteiger partial charge in [-0.1, -0.05) is 48.5 Å². The average molecular weight is 246 g/mol. The maximum atomic E-state index is 5.49. The lowest BCUT2D eigenvalue weighted by molar-refractivity contribution is 0.420. The standard InChI is InChI=1S/C18H14O/c1-19-17-10-9-15-14-7-3-2-5-12(14)11-13-6-4-8-16(17)18(13)15/h2-10H,11H2,1H3. The summed E-state index contributed by atoms with van der Waals surface area (Å²) in [5.41, 5.74) is 5.49. The molecule has 0 bridgehead atoms. The maximum Gasteiger partial charge on any atom is 0.126 e. The monoisotopic (exact) mass is 246 g/mol. The molecular weight excluding hydrogens is 232 g/mol. The number of rotatable bonds is 1. The summed E-state index contributed by atoms with van der Waals surface area (Å²) in [6, 6.07) is 19.4. The summed E-state index contributed by atoms with van der Waals surface area (Å²) in [5.74, 6) is 0.958. The molecule has 0 spiro atoms. The SMILES string of the molecule is COc1ccc2c3c(cccc13)Cc1ccccc1-2. The zero-order valence-electron chi connectivity index (χ0n) is 10.8. The molecule has 0 aliphatic heterocycles. The van der Waals surface area contributed by atoms with E-state index < -0.39 is 0 Å². The molecule has 0 aromatic heterocycles. The van der Waals surface area contributed by atoms with Crippen LogP contribution in [-0.4, -0.2) is 7.11 Å². The molecule has 0 amide bonds. The third kappa shape index (κ3) is 1.42. The third-order valence-corrected chi connectivity index (χ3v) is 4.00. The summed E-state index contributed by atoms with van der Waals surface area (Å²) >= 11 is 0. The highest BCUT2D eigenvalue weighted by Gasteiger charge is 2.18. The van der Waals surface area contributed by atoms with Gasteiger partial charge in [0.1, 0.15) is 5.75 Å². The van der Waals surface area contributed by atoms with Crippen LogP contribution in [0.4, 0.5) is 0 Å². The van der Waals surface area contributed by atoms with Crippen LogP contribution in [0.3, 0.4) is 0 Å². The number of methoxy groups -OCH3 is 1. The molecule has 0 heterocycles. The Bertz CT molecular complexity index is 787. The highest BCUT2D eigenvalue weighted by Crippen LogP contribution is 2.42. The molecule has 1 heteroatoms. The van der Waals surface area contributed by atoms with Crippen molar-refractivity contribution in [2.75, 3.05) is 7.11 Å². The van der Waals surface area contributed by atoms with Crippen LogP contribution < -0.4 is 4.74 Å². The molecule has 0 radical (unpaired) electrons. The first-order chi connectivity index (χ1) is 9.38. The number of hydrogen-bond donors (Lipinski definition) is 0. The zero-order chi connectivity index (χ0) is 12.8. The topological polar surface area (TPSA) is 9.23 Å². The number of ether oxygens (including phenoxy) is 1. The fourth-order valence-electron chi connectivity index (χ4n) is 3.15. The fourth-order valence-corrected chi connectivity index (χ4v) is 3.15. The van der Waals surface area contributed by atoms with Crippen molar-refractivity contribution < 1.29 is 4.74 Å². The van der Waals surface area contributed by atoms with Gasteiger partial charge in [0.2, 0.25) is 0 Å². The second-order valence-electron chi connectivity index (χ2n) is 4.99. The minimum absolute atomic E-state index is 0.958. The summed E-state index contributed by atoms with van der Waals surface area (Å²) in [6.45, 7) is 0. The molecular formula is C18H14O. The normalized spacial score (nSPS) is 12.3. The molecule has 0 saturated heterocycles. The van der Waals surface area contributed by atoms with E-state index in [1.165, 1.54) is 33.0 Å². The van der Waals surface area contributed by atoms with Crippen molar-refractivity contribution in [3.63, 3.8) is 0 Å². The van der Waals surface area contributed by atoms with Gasteiger partial charge in [-0.25, -0.2) is 0 Å². The smallest absolute Gasteiger partial charge is 0.126 e. The maximum absolute atomic E-state index is 5.49. The number of fused-ring (bicyclic) bond motifs is 2. The highest BCUT2D eigenvalue weighted by molar-refractivity contribution is 6.04. The molecule has 92 valence electrons. The predicted octanol–water partition coefficient (Wildman–Crippen LogP) is 4.42. The quantitative estimate of drug-likeness (QED) is 0.483. The van der Waals surface area contributed by atoms with Gasteiger partial charge < -0.3 is 4.74 Å². The van der Waals surface area contributed by atoms with E-state index >= 15 is 0 Å². The van der Waals surface area contributed by atoms with E-state index in [0.717, 1.165) is 12.2 Å². The molecule has 3 aromatic rings. The third-order valence-electron chi connectivity index (χ3n) is 4.00. The summed E-state index contributed by atoms with van der Waals surface area (Å²) in [5, 5.41) is 2.56. The molecule has 1 nitrogen and oxygen atoms in total. The Hall–Kier alpha value is -2.28. The predicted molar refractivity (Wildman–Crippen MR) is 78.7 cm³/mol. The van der Waals surface area contributed by atoms with E-state index in [1.807, 2.05) is 0 Å². The molecule has 4 rings (SSSR count). The van der Waals surface area contributed by atoms with E-state index in [2.05, 4.69) is 54.6 Å². The van der Waals surface area contributed by atoms with Gasteiger partial charge in [0.25, 0.3) is 0 Å². The Morgan fingerprint density at radius 3 is 2.53 bits per heavy atom. The van der Waals surface area contributed by atoms with Crippen LogP contribution in [0.2, 0.25) is 0 Å². The molecule has 0 unspecified atom stereocenters. The number of benzene rings is 3. The van der Waals surface area contributed by atoms with E-state index in [0.29, 0.717) is 0 Å². The van der Waals surface area contributed by atoms with Crippen molar-refractivity contribution in [3.05, 3.63) is 65.7 Å². The molecule has 0 atom stereocenters. The van der Waals surface area contributed by atoms with Crippen LogP contribution >= 0.6 is 0 Å². The Labute approximate surface area is 112 Å². The summed E-state index contributed by atoms with van der Waals surface area (Å²) in [7, 11) is 1.74. The van der Waals surface area contributed by atoms with Crippen molar-refractivity contribution in [2.45, 2.75) is 6.42 Å². The van der Waals surface area contributed by atoms with Crippen LogP contribution in [0, 0.1) is 0 Å². The zero-order valence-corrected chi connectivity index (χ0v) is 10.8. The van der Waals surface area contributed by atoms with Crippen molar-refractivity contribution in [2.24, 2.45) is 0 Å². The Morgan fingerprint density at radius 2 is 1.63 bits per heavy atom. The number of hydrogen-bond acceptors (Lipinski definition) is 1. The second-order valence-corrected chi connectivity index (χ2v) is 4.99. The van der Waals surface area contributed by atoms with Crippen LogP contribution in [0.15, 0.2) is 54.6 Å². The Morgan fingerprint density at radius 1 is 0.789 bits per heavy atom. The highest BCUT2D eigenvalue weighted by atomic mass is 16.5. The molecule has 1 aliphatic carbocycles. The van der Waals surface area contributed by atoms with Crippen molar-refractivity contribution >= 4 is 10.8 Å². The molecule has 3 aromatic carbocycles. The summed E-state index contributed by atoms with van der Waals surface area (Å²) in [6.07, 6.45) is 1.01. The van der Waals surface area contributed by atoms with Crippen molar-refractivity contribution in [3.8, 4) is 16.9 Å². The first-order valence-corrected chi connectivity index (χ1v) is 6.55. The van der Waals surface area contributed by atoms with Gasteiger partial charge in [-0.3, -0.25) is 0 Å². The lowest BCUT2D eigenvalue weighted by Crippen LogP contribution is -2.01. The minimum atomic E-state index is 0.958. The van der Waals surface area contributed by atoms with Gasteiger partial charge in [0.15, 0.2) is 0 Å². The summed E-state index contributed by atoms with van der Waals surface area (Å²) in [4.78, 5) is 0. The van der Waals surface area contributed by atoms with Crippen LogP contribution in [0.1, 0.15) is 11.1 Å². The largest absolute Gasteiger partial charge is 0.496 e. The van der Waals surface area contributed by atoms with Gasteiger partial charge in [0, 0.05) is 5.39 Å². The van der Waals surface area contributed by atoms with Crippen molar-refractivity contribution in [1.29, 1.82) is 0 Å². The van der Waals surface area contributed by atoms with E-state index in [9.17, 15) is 0 Å². The molecule has 1 aliphatic rings. The van der Waals surface area contributed by atoms with E-state index in [4.69, 9.17) is 4.74 Å². The lowest BCUT2D eigenvalue weighted by atomic mass is 9.83. The summed E-state index contributed by atoms with van der Waals surface area (Å²) < 4.78 is 5.49. The molecule has 0 fully saturated rings. The molecule has 0 N–H and O–H groups in total. The van der Waals surface area contributed by atoms with Crippen LogP contribution in [0.5, 0.6) is 5.75 Å². The average Bonchev–Trinajstić information content (AvgIpc) is 2.48. The van der Waals surface area contributed by atoms with Crippen molar-refractivity contribution in [1.82, 2.24) is 0 Å².